The van der Waals surface area contributed by atoms with Crippen LogP contribution in [0.1, 0.15) is 11.3 Å². The van der Waals surface area contributed by atoms with Crippen LogP contribution < -0.4 is 10.2 Å². The van der Waals surface area contributed by atoms with Crippen molar-refractivity contribution in [3.8, 4) is 5.75 Å². The topological polar surface area (TPSA) is 89.8 Å². The molecule has 0 aliphatic rings. The van der Waals surface area contributed by atoms with Crippen molar-refractivity contribution in [3.05, 3.63) is 29.5 Å². The van der Waals surface area contributed by atoms with Gasteiger partial charge in [0.05, 0.1) is 20.6 Å². The van der Waals surface area contributed by atoms with Crippen LogP contribution in [0.2, 0.25) is 0 Å². The molecule has 0 bridgehead atoms. The molecule has 0 aliphatic carbocycles. The molecule has 0 atom stereocenters. The second kappa shape index (κ2) is 6.48. The Balaban J connectivity index is 2.61. The molecule has 1 aromatic carbocycles. The summed E-state index contributed by atoms with van der Waals surface area (Å²) in [5, 5.41) is 9.54. The fourth-order valence-electron chi connectivity index (χ4n) is 2.48. The van der Waals surface area contributed by atoms with Crippen LogP contribution in [0.5, 0.6) is 5.75 Å². The molecule has 1 amide bonds. The molecule has 0 unspecified atom stereocenters. The molecule has 0 saturated carbocycles. The van der Waals surface area contributed by atoms with Gasteiger partial charge >= 0.3 is 5.97 Å². The van der Waals surface area contributed by atoms with Gasteiger partial charge in [0, 0.05) is 16.6 Å². The van der Waals surface area contributed by atoms with E-state index in [1.165, 1.54) is 7.11 Å². The highest BCUT2D eigenvalue weighted by molar-refractivity contribution is 5.91. The molecule has 0 fully saturated rings. The molecule has 0 spiro atoms. The van der Waals surface area contributed by atoms with Crippen LogP contribution in [-0.4, -0.2) is 35.9 Å². The van der Waals surface area contributed by atoms with Gasteiger partial charge in [0.1, 0.15) is 12.3 Å². The summed E-state index contributed by atoms with van der Waals surface area (Å²) in [7, 11) is 2.89. The molecule has 2 N–H and O–H groups in total. The summed E-state index contributed by atoms with van der Waals surface area (Å²) >= 11 is 0. The van der Waals surface area contributed by atoms with Crippen LogP contribution in [0.15, 0.2) is 18.2 Å². The number of fused-ring (bicyclic) bond motifs is 1. The van der Waals surface area contributed by atoms with Gasteiger partial charge in [0.15, 0.2) is 0 Å². The number of aromatic nitrogens is 1. The number of nitrogens with one attached hydrogen (secondary N) is 1. The minimum Gasteiger partial charge on any atom is -0.497 e. The highest BCUT2D eigenvalue weighted by Gasteiger charge is 2.19. The molecule has 0 aliphatic heterocycles. The van der Waals surface area contributed by atoms with Crippen molar-refractivity contribution < 1.29 is 24.3 Å². The van der Waals surface area contributed by atoms with Crippen LogP contribution in [0.25, 0.3) is 10.9 Å². The zero-order chi connectivity index (χ0) is 16.3. The average Bonchev–Trinajstić information content (AvgIpc) is 2.79. The Bertz CT molecular complexity index is 720. The van der Waals surface area contributed by atoms with Gasteiger partial charge in [0.25, 0.3) is 5.91 Å². The number of methoxy groups -OCH3 is 2. The highest BCUT2D eigenvalue weighted by atomic mass is 16.5. The summed E-state index contributed by atoms with van der Waals surface area (Å²) in [5.74, 6) is -0.251. The SMILES string of the molecule is COC(=O)Cc1c(C)n(CC(=O)NO)c2ccc(OC)cc12. The molecule has 7 heteroatoms. The maximum Gasteiger partial charge on any atom is 0.310 e. The average molecular weight is 306 g/mol. The molecule has 0 radical (unpaired) electrons. The number of rotatable bonds is 5. The van der Waals surface area contributed by atoms with E-state index in [0.717, 1.165) is 22.2 Å². The Morgan fingerprint density at radius 2 is 2.05 bits per heavy atom. The number of hydroxylamine groups is 1. The van der Waals surface area contributed by atoms with Crippen molar-refractivity contribution in [2.45, 2.75) is 19.9 Å². The van der Waals surface area contributed by atoms with Crippen LogP contribution >= 0.6 is 0 Å². The second-order valence-corrected chi connectivity index (χ2v) is 4.82. The van der Waals surface area contributed by atoms with E-state index in [1.54, 1.807) is 23.2 Å². The number of hydrogen-bond donors (Lipinski definition) is 2. The predicted molar refractivity (Wildman–Crippen MR) is 78.9 cm³/mol. The van der Waals surface area contributed by atoms with E-state index in [0.29, 0.717) is 5.75 Å². The lowest BCUT2D eigenvalue weighted by Gasteiger charge is -2.07. The Labute approximate surface area is 127 Å². The third-order valence-corrected chi connectivity index (χ3v) is 3.64. The predicted octanol–water partition coefficient (Wildman–Crippen LogP) is 1.18. The van der Waals surface area contributed by atoms with E-state index in [4.69, 9.17) is 14.7 Å². The first-order valence-corrected chi connectivity index (χ1v) is 6.67. The minimum absolute atomic E-state index is 0.0493. The van der Waals surface area contributed by atoms with Crippen LogP contribution in [0, 0.1) is 6.92 Å². The Morgan fingerprint density at radius 3 is 2.64 bits per heavy atom. The first-order valence-electron chi connectivity index (χ1n) is 6.67. The first-order chi connectivity index (χ1) is 10.5. The van der Waals surface area contributed by atoms with Gasteiger partial charge in [-0.2, -0.15) is 0 Å². The lowest BCUT2D eigenvalue weighted by atomic mass is 10.1. The van der Waals surface area contributed by atoms with E-state index in [2.05, 4.69) is 0 Å². The third-order valence-electron chi connectivity index (χ3n) is 3.64. The first kappa shape index (κ1) is 15.8. The molecule has 0 saturated heterocycles. The summed E-state index contributed by atoms with van der Waals surface area (Å²) in [6, 6.07) is 5.40. The van der Waals surface area contributed by atoms with Crippen molar-refractivity contribution in [1.82, 2.24) is 10.0 Å². The second-order valence-electron chi connectivity index (χ2n) is 4.82. The smallest absolute Gasteiger partial charge is 0.310 e. The number of hydrogen-bond acceptors (Lipinski definition) is 5. The Hall–Kier alpha value is -2.54. The van der Waals surface area contributed by atoms with Crippen molar-refractivity contribution in [1.29, 1.82) is 0 Å². The minimum atomic E-state index is -0.541. The van der Waals surface area contributed by atoms with E-state index < -0.39 is 5.91 Å². The van der Waals surface area contributed by atoms with Gasteiger partial charge in [-0.3, -0.25) is 14.8 Å². The molecule has 1 heterocycles. The fourth-order valence-corrected chi connectivity index (χ4v) is 2.48. The van der Waals surface area contributed by atoms with E-state index in [-0.39, 0.29) is 18.9 Å². The van der Waals surface area contributed by atoms with Crippen molar-refractivity contribution in [2.24, 2.45) is 0 Å². The molecule has 2 aromatic rings. The van der Waals surface area contributed by atoms with Crippen molar-refractivity contribution in [3.63, 3.8) is 0 Å². The number of ether oxygens (including phenoxy) is 2. The Morgan fingerprint density at radius 1 is 1.32 bits per heavy atom. The van der Waals surface area contributed by atoms with Crippen molar-refractivity contribution >= 4 is 22.8 Å². The molecular weight excluding hydrogens is 288 g/mol. The quantitative estimate of drug-likeness (QED) is 0.492. The zero-order valence-corrected chi connectivity index (χ0v) is 12.7. The molecule has 7 nitrogen and oxygen atoms in total. The maximum absolute atomic E-state index is 11.6. The summed E-state index contributed by atoms with van der Waals surface area (Å²) in [6.45, 7) is 1.77. The number of nitrogens with zero attached hydrogens (tertiary/aromatic N) is 1. The standard InChI is InChI=1S/C15H18N2O5/c1-9-11(7-15(19)22-3)12-6-10(21-2)4-5-13(12)17(9)8-14(18)16-20/h4-6,20H,7-8H2,1-3H3,(H,16,18). The molecule has 22 heavy (non-hydrogen) atoms. The van der Waals surface area contributed by atoms with Gasteiger partial charge in [-0.05, 0) is 30.7 Å². The van der Waals surface area contributed by atoms with Crippen LogP contribution in [0.4, 0.5) is 0 Å². The summed E-state index contributed by atoms with van der Waals surface area (Å²) in [6.07, 6.45) is 0.0970. The number of amides is 1. The zero-order valence-electron chi connectivity index (χ0n) is 12.7. The highest BCUT2D eigenvalue weighted by Crippen LogP contribution is 2.30. The number of esters is 1. The van der Waals surface area contributed by atoms with Gasteiger partial charge in [-0.1, -0.05) is 0 Å². The largest absolute Gasteiger partial charge is 0.497 e. The van der Waals surface area contributed by atoms with E-state index >= 15 is 0 Å². The van der Waals surface area contributed by atoms with Crippen LogP contribution in [-0.2, 0) is 27.3 Å². The van der Waals surface area contributed by atoms with Gasteiger partial charge in [-0.25, -0.2) is 5.48 Å². The molecular formula is C15H18N2O5. The van der Waals surface area contributed by atoms with Gasteiger partial charge < -0.3 is 14.0 Å². The molecule has 1 aromatic heterocycles. The van der Waals surface area contributed by atoms with Gasteiger partial charge in [0.2, 0.25) is 0 Å². The Kier molecular flexibility index (Phi) is 4.67. The summed E-state index contributed by atoms with van der Waals surface area (Å²) < 4.78 is 11.7. The maximum atomic E-state index is 11.6. The van der Waals surface area contributed by atoms with Gasteiger partial charge in [-0.15, -0.1) is 0 Å². The monoisotopic (exact) mass is 306 g/mol. The lowest BCUT2D eigenvalue weighted by molar-refractivity contribution is -0.139. The van der Waals surface area contributed by atoms with E-state index in [9.17, 15) is 9.59 Å². The number of benzene rings is 1. The number of carbonyl (C=O) groups excluding carboxylic acids is 2. The molecule has 118 valence electrons. The van der Waals surface area contributed by atoms with Crippen molar-refractivity contribution in [2.75, 3.05) is 14.2 Å². The molecule has 2 rings (SSSR count). The van der Waals surface area contributed by atoms with Crippen LogP contribution in [0.3, 0.4) is 0 Å². The summed E-state index contributed by atoms with van der Waals surface area (Å²) in [5.41, 5.74) is 3.92. The summed E-state index contributed by atoms with van der Waals surface area (Å²) in [4.78, 5) is 23.1. The normalized spacial score (nSPS) is 10.5. The van der Waals surface area contributed by atoms with E-state index in [1.807, 2.05) is 19.1 Å². The number of carbonyl (C=O) groups is 2. The fraction of sp³-hybridized carbons (Fsp3) is 0.333. The lowest BCUT2D eigenvalue weighted by Crippen LogP contribution is -2.24. The third kappa shape index (κ3) is 2.89.